The van der Waals surface area contributed by atoms with Gasteiger partial charge in [-0.15, -0.1) is 0 Å². The molecule has 1 aliphatic rings. The molecule has 0 radical (unpaired) electrons. The van der Waals surface area contributed by atoms with E-state index in [4.69, 9.17) is 10.5 Å². The van der Waals surface area contributed by atoms with Gasteiger partial charge in [-0.2, -0.15) is 0 Å². The van der Waals surface area contributed by atoms with Crippen molar-refractivity contribution in [1.29, 1.82) is 0 Å². The van der Waals surface area contributed by atoms with Gasteiger partial charge < -0.3 is 10.5 Å². The van der Waals surface area contributed by atoms with Crippen LogP contribution < -0.4 is 5.73 Å². The lowest BCUT2D eigenvalue weighted by Crippen LogP contribution is -2.57. The monoisotopic (exact) mass is 263 g/mol. The molecule has 4 heteroatoms. The molecule has 2 rings (SSSR count). The van der Waals surface area contributed by atoms with E-state index in [-0.39, 0.29) is 17.6 Å². The van der Waals surface area contributed by atoms with E-state index in [2.05, 4.69) is 36.7 Å². The van der Waals surface area contributed by atoms with E-state index in [0.29, 0.717) is 0 Å². The fourth-order valence-corrected chi connectivity index (χ4v) is 2.82. The summed E-state index contributed by atoms with van der Waals surface area (Å²) in [6.45, 7) is 9.02. The van der Waals surface area contributed by atoms with E-state index in [9.17, 15) is 0 Å². The van der Waals surface area contributed by atoms with Crippen molar-refractivity contribution in [2.75, 3.05) is 19.8 Å². The van der Waals surface area contributed by atoms with E-state index < -0.39 is 0 Å². The molecule has 2 atom stereocenters. The Morgan fingerprint density at radius 3 is 2.89 bits per heavy atom. The fourth-order valence-electron chi connectivity index (χ4n) is 2.82. The molecule has 4 nitrogen and oxygen atoms in total. The Morgan fingerprint density at radius 2 is 2.32 bits per heavy atom. The van der Waals surface area contributed by atoms with E-state index >= 15 is 0 Å². The second-order valence-electron chi connectivity index (χ2n) is 5.86. The van der Waals surface area contributed by atoms with Crippen LogP contribution in [0.4, 0.5) is 0 Å². The van der Waals surface area contributed by atoms with Crippen molar-refractivity contribution in [2.45, 2.75) is 44.8 Å². The topological polar surface area (TPSA) is 51.4 Å². The second-order valence-corrected chi connectivity index (χ2v) is 5.86. The van der Waals surface area contributed by atoms with Gasteiger partial charge in [0.2, 0.25) is 0 Å². The summed E-state index contributed by atoms with van der Waals surface area (Å²) in [6, 6.07) is 4.43. The summed E-state index contributed by atoms with van der Waals surface area (Å²) in [5.74, 6) is 0. The van der Waals surface area contributed by atoms with Crippen molar-refractivity contribution in [3.63, 3.8) is 0 Å². The molecule has 0 aliphatic carbocycles. The zero-order valence-electron chi connectivity index (χ0n) is 12.2. The van der Waals surface area contributed by atoms with Gasteiger partial charge in [-0.1, -0.05) is 13.0 Å². The molecule has 2 N–H and O–H groups in total. The molecule has 0 saturated carbocycles. The zero-order valence-corrected chi connectivity index (χ0v) is 12.2. The van der Waals surface area contributed by atoms with E-state index in [1.165, 1.54) is 5.56 Å². The molecule has 1 aliphatic heterocycles. The van der Waals surface area contributed by atoms with Crippen LogP contribution in [0.5, 0.6) is 0 Å². The molecule has 1 saturated heterocycles. The summed E-state index contributed by atoms with van der Waals surface area (Å²) in [7, 11) is 0. The smallest absolute Gasteiger partial charge is 0.0645 e. The maximum absolute atomic E-state index is 6.39. The minimum atomic E-state index is 0.00550. The number of pyridine rings is 1. The first-order valence-corrected chi connectivity index (χ1v) is 7.06. The summed E-state index contributed by atoms with van der Waals surface area (Å²) in [6.07, 6.45) is 4.70. The van der Waals surface area contributed by atoms with Crippen molar-refractivity contribution < 1.29 is 4.74 Å². The predicted molar refractivity (Wildman–Crippen MR) is 76.8 cm³/mol. The Labute approximate surface area is 116 Å². The van der Waals surface area contributed by atoms with Crippen molar-refractivity contribution in [3.05, 3.63) is 30.1 Å². The summed E-state index contributed by atoms with van der Waals surface area (Å²) in [5, 5.41) is 0. The molecule has 1 aromatic rings. The lowest BCUT2D eigenvalue weighted by Gasteiger charge is -2.48. The van der Waals surface area contributed by atoms with Gasteiger partial charge in [-0.3, -0.25) is 9.88 Å². The zero-order chi connectivity index (χ0) is 13.9. The average molecular weight is 263 g/mol. The van der Waals surface area contributed by atoms with Gasteiger partial charge in [0.25, 0.3) is 0 Å². The predicted octanol–water partition coefficient (Wildman–Crippen LogP) is 1.97. The van der Waals surface area contributed by atoms with Crippen LogP contribution in [0.15, 0.2) is 24.5 Å². The van der Waals surface area contributed by atoms with Crippen LogP contribution in [-0.2, 0) is 4.74 Å². The van der Waals surface area contributed by atoms with Crippen LogP contribution in [0.1, 0.15) is 38.8 Å². The summed E-state index contributed by atoms with van der Waals surface area (Å²) in [4.78, 5) is 6.73. The minimum Gasteiger partial charge on any atom is -0.378 e. The average Bonchev–Trinajstić information content (AvgIpc) is 2.41. The van der Waals surface area contributed by atoms with Crippen LogP contribution in [-0.4, -0.2) is 41.2 Å². The highest BCUT2D eigenvalue weighted by atomic mass is 16.5. The molecule has 2 unspecified atom stereocenters. The van der Waals surface area contributed by atoms with Gasteiger partial charge >= 0.3 is 0 Å². The van der Waals surface area contributed by atoms with Crippen molar-refractivity contribution in [3.8, 4) is 0 Å². The first kappa shape index (κ1) is 14.4. The van der Waals surface area contributed by atoms with Crippen molar-refractivity contribution in [2.24, 2.45) is 5.73 Å². The molecule has 1 fully saturated rings. The normalized spacial score (nSPS) is 22.9. The van der Waals surface area contributed by atoms with Crippen LogP contribution in [0.2, 0.25) is 0 Å². The fraction of sp³-hybridized carbons (Fsp3) is 0.667. The summed E-state index contributed by atoms with van der Waals surface area (Å²) >= 11 is 0. The first-order chi connectivity index (χ1) is 9.06. The molecule has 1 aromatic heterocycles. The number of ether oxygens (including phenoxy) is 1. The Kier molecular flexibility index (Phi) is 4.55. The molecular formula is C15H25N3O. The highest BCUT2D eigenvalue weighted by molar-refractivity contribution is 5.17. The third-order valence-corrected chi connectivity index (χ3v) is 3.95. The number of aromatic nitrogens is 1. The lowest BCUT2D eigenvalue weighted by molar-refractivity contribution is -0.0778. The Bertz CT molecular complexity index is 394. The number of rotatable bonds is 4. The molecule has 2 heterocycles. The Hall–Kier alpha value is -0.970. The standard InChI is InChI=1S/C15H25N3O/c1-4-13(16)14(12-6-5-7-17-10-12)18-8-9-19-11-15(18,2)3/h5-7,10,13-14H,4,8-9,11,16H2,1-3H3. The summed E-state index contributed by atoms with van der Waals surface area (Å²) in [5.41, 5.74) is 7.60. The molecule has 0 bridgehead atoms. The SMILES string of the molecule is CCC(N)C(c1cccnc1)N1CCOCC1(C)C. The molecule has 106 valence electrons. The first-order valence-electron chi connectivity index (χ1n) is 7.06. The van der Waals surface area contributed by atoms with Gasteiger partial charge in [0.1, 0.15) is 0 Å². The van der Waals surface area contributed by atoms with Gasteiger partial charge in [0.15, 0.2) is 0 Å². The van der Waals surface area contributed by atoms with E-state index in [1.807, 2.05) is 18.5 Å². The summed E-state index contributed by atoms with van der Waals surface area (Å²) < 4.78 is 5.62. The van der Waals surface area contributed by atoms with Crippen LogP contribution >= 0.6 is 0 Å². The highest BCUT2D eigenvalue weighted by Crippen LogP contribution is 2.32. The molecule has 19 heavy (non-hydrogen) atoms. The highest BCUT2D eigenvalue weighted by Gasteiger charge is 2.38. The van der Waals surface area contributed by atoms with E-state index in [1.54, 1.807) is 0 Å². The third kappa shape index (κ3) is 3.14. The number of hydrogen-bond donors (Lipinski definition) is 1. The quantitative estimate of drug-likeness (QED) is 0.902. The Balaban J connectivity index is 2.32. The lowest BCUT2D eigenvalue weighted by atomic mass is 9.91. The maximum Gasteiger partial charge on any atom is 0.0645 e. The van der Waals surface area contributed by atoms with E-state index in [0.717, 1.165) is 26.2 Å². The minimum absolute atomic E-state index is 0.00550. The van der Waals surface area contributed by atoms with Crippen molar-refractivity contribution >= 4 is 0 Å². The van der Waals surface area contributed by atoms with Gasteiger partial charge in [-0.25, -0.2) is 0 Å². The number of hydrogen-bond acceptors (Lipinski definition) is 4. The van der Waals surface area contributed by atoms with Crippen LogP contribution in [0, 0.1) is 0 Å². The number of nitrogens with zero attached hydrogens (tertiary/aromatic N) is 2. The number of nitrogens with two attached hydrogens (primary N) is 1. The largest absolute Gasteiger partial charge is 0.378 e. The molecule has 0 amide bonds. The van der Waals surface area contributed by atoms with Gasteiger partial charge in [0.05, 0.1) is 19.3 Å². The van der Waals surface area contributed by atoms with Gasteiger partial charge in [-0.05, 0) is 31.9 Å². The van der Waals surface area contributed by atoms with Gasteiger partial charge in [0, 0.05) is 30.5 Å². The molecule has 0 spiro atoms. The number of morpholine rings is 1. The second kappa shape index (κ2) is 5.99. The third-order valence-electron chi connectivity index (χ3n) is 3.95. The molecule has 0 aromatic carbocycles. The van der Waals surface area contributed by atoms with Crippen LogP contribution in [0.3, 0.4) is 0 Å². The molecular weight excluding hydrogens is 238 g/mol. The Morgan fingerprint density at radius 1 is 1.53 bits per heavy atom. The van der Waals surface area contributed by atoms with Crippen molar-refractivity contribution in [1.82, 2.24) is 9.88 Å². The van der Waals surface area contributed by atoms with Crippen LogP contribution in [0.25, 0.3) is 0 Å². The maximum atomic E-state index is 6.39.